The zero-order valence-electron chi connectivity index (χ0n) is 23.0. The number of aromatic carboxylic acids is 1. The number of carboxylic acids is 1. The van der Waals surface area contributed by atoms with E-state index < -0.39 is 35.5 Å². The highest BCUT2D eigenvalue weighted by molar-refractivity contribution is 6.31. The Balaban J connectivity index is 1.50. The molecule has 1 aromatic heterocycles. The normalized spacial score (nSPS) is 14.3. The summed E-state index contributed by atoms with van der Waals surface area (Å²) >= 11 is 6.02. The van der Waals surface area contributed by atoms with Crippen LogP contribution in [0.3, 0.4) is 0 Å². The van der Waals surface area contributed by atoms with Gasteiger partial charge in [-0.15, -0.1) is 5.10 Å². The van der Waals surface area contributed by atoms with Crippen LogP contribution in [0.25, 0.3) is 11.8 Å². The SMILES string of the molecule is NC(=O)CCc1cccc2c1CCN(C(=O)/C=C/c1c(-n3cnnn3)ccc(Cl)c1F)C2C(=O)Nc1ccc(C(=O)O)cc1. The number of nitrogens with two attached hydrogens (primary N) is 1. The lowest BCUT2D eigenvalue weighted by molar-refractivity contribution is -0.135. The van der Waals surface area contributed by atoms with Gasteiger partial charge in [-0.1, -0.05) is 29.8 Å². The van der Waals surface area contributed by atoms with E-state index in [-0.39, 0.29) is 34.8 Å². The average molecular weight is 618 g/mol. The van der Waals surface area contributed by atoms with E-state index in [0.717, 1.165) is 17.2 Å². The Morgan fingerprint density at radius 2 is 1.89 bits per heavy atom. The van der Waals surface area contributed by atoms with Gasteiger partial charge in [0, 0.05) is 30.3 Å². The highest BCUT2D eigenvalue weighted by Gasteiger charge is 2.36. The van der Waals surface area contributed by atoms with E-state index in [9.17, 15) is 24.3 Å². The Morgan fingerprint density at radius 1 is 1.11 bits per heavy atom. The molecule has 0 bridgehead atoms. The van der Waals surface area contributed by atoms with Crippen molar-refractivity contribution in [2.45, 2.75) is 25.3 Å². The Hall–Kier alpha value is -5.43. The molecule has 4 aromatic rings. The molecule has 1 aliphatic rings. The number of tetrazole rings is 1. The number of carboxylic acid groups (broad SMARTS) is 1. The van der Waals surface area contributed by atoms with Crippen LogP contribution in [0.2, 0.25) is 5.02 Å². The summed E-state index contributed by atoms with van der Waals surface area (Å²) in [5.41, 5.74) is 8.15. The number of hydrogen-bond acceptors (Lipinski definition) is 7. The van der Waals surface area contributed by atoms with E-state index in [1.807, 2.05) is 6.07 Å². The summed E-state index contributed by atoms with van der Waals surface area (Å²) in [4.78, 5) is 51.6. The molecule has 224 valence electrons. The number of primary amides is 1. The number of halogens is 2. The van der Waals surface area contributed by atoms with Crippen molar-refractivity contribution in [2.75, 3.05) is 11.9 Å². The van der Waals surface area contributed by atoms with Gasteiger partial charge >= 0.3 is 5.97 Å². The van der Waals surface area contributed by atoms with E-state index in [2.05, 4.69) is 20.8 Å². The van der Waals surface area contributed by atoms with Crippen LogP contribution in [0.1, 0.15) is 45.1 Å². The van der Waals surface area contributed by atoms with Gasteiger partial charge in [-0.3, -0.25) is 14.4 Å². The highest BCUT2D eigenvalue weighted by atomic mass is 35.5. The fourth-order valence-corrected chi connectivity index (χ4v) is 5.27. The molecule has 0 spiro atoms. The second kappa shape index (κ2) is 12.8. The Bertz CT molecular complexity index is 1780. The quantitative estimate of drug-likeness (QED) is 0.240. The lowest BCUT2D eigenvalue weighted by Crippen LogP contribution is -2.45. The minimum absolute atomic E-state index is 0.0381. The largest absolute Gasteiger partial charge is 0.478 e. The summed E-state index contributed by atoms with van der Waals surface area (Å²) in [6.07, 6.45) is 4.53. The maximum absolute atomic E-state index is 15.1. The number of benzene rings is 3. The molecule has 4 N–H and O–H groups in total. The number of fused-ring (bicyclic) bond motifs is 1. The van der Waals surface area contributed by atoms with Crippen molar-refractivity contribution in [1.82, 2.24) is 25.1 Å². The van der Waals surface area contributed by atoms with E-state index in [0.29, 0.717) is 24.1 Å². The molecule has 3 aromatic carbocycles. The van der Waals surface area contributed by atoms with E-state index in [4.69, 9.17) is 17.3 Å². The number of nitrogens with zero attached hydrogens (tertiary/aromatic N) is 5. The maximum atomic E-state index is 15.1. The van der Waals surface area contributed by atoms with Gasteiger partial charge < -0.3 is 21.1 Å². The first-order valence-corrected chi connectivity index (χ1v) is 13.7. The third-order valence-electron chi connectivity index (χ3n) is 7.19. The van der Waals surface area contributed by atoms with Crippen LogP contribution < -0.4 is 11.1 Å². The van der Waals surface area contributed by atoms with E-state index >= 15 is 4.39 Å². The predicted molar refractivity (Wildman–Crippen MR) is 157 cm³/mol. The molecule has 0 saturated carbocycles. The van der Waals surface area contributed by atoms with Gasteiger partial charge in [0.2, 0.25) is 11.8 Å². The number of carbonyl (C=O) groups is 4. The molecular weight excluding hydrogens is 593 g/mol. The number of carbonyl (C=O) groups excluding carboxylic acids is 3. The molecule has 1 aliphatic heterocycles. The predicted octanol–water partition coefficient (Wildman–Crippen LogP) is 3.35. The van der Waals surface area contributed by atoms with Gasteiger partial charge in [-0.2, -0.15) is 4.68 Å². The standard InChI is InChI=1S/C30H25ClFN7O5/c31-23-10-11-24(39-16-34-36-37-39)22(27(23)32)9-13-26(41)38-15-14-20-17(6-12-25(33)40)2-1-3-21(20)28(38)29(42)35-19-7-4-18(5-8-19)30(43)44/h1-5,7-11,13,16,28H,6,12,14-15H2,(H2,33,40)(H,35,42)(H,43,44)/b13-9+. The summed E-state index contributed by atoms with van der Waals surface area (Å²) in [5, 5.41) is 22.7. The number of nitrogens with one attached hydrogen (secondary N) is 1. The van der Waals surface area contributed by atoms with Crippen molar-refractivity contribution >= 4 is 47.1 Å². The molecule has 3 amide bonds. The summed E-state index contributed by atoms with van der Waals surface area (Å²) in [5.74, 6) is -3.50. The minimum Gasteiger partial charge on any atom is -0.478 e. The fourth-order valence-electron chi connectivity index (χ4n) is 5.10. The molecule has 0 radical (unpaired) electrons. The Morgan fingerprint density at radius 3 is 2.57 bits per heavy atom. The molecule has 14 heteroatoms. The van der Waals surface area contributed by atoms with Crippen molar-refractivity contribution in [3.63, 3.8) is 0 Å². The number of amides is 3. The first kappa shape index (κ1) is 30.0. The third-order valence-corrected chi connectivity index (χ3v) is 7.48. The van der Waals surface area contributed by atoms with Crippen LogP contribution in [-0.2, 0) is 27.2 Å². The van der Waals surface area contributed by atoms with E-state index in [1.54, 1.807) is 12.1 Å². The van der Waals surface area contributed by atoms with Gasteiger partial charge in [0.25, 0.3) is 5.91 Å². The zero-order chi connectivity index (χ0) is 31.4. The lowest BCUT2D eigenvalue weighted by atomic mass is 9.87. The molecule has 12 nitrogen and oxygen atoms in total. The number of rotatable bonds is 9. The number of anilines is 1. The smallest absolute Gasteiger partial charge is 0.335 e. The Labute approximate surface area is 254 Å². The second-order valence-corrected chi connectivity index (χ2v) is 10.3. The van der Waals surface area contributed by atoms with Crippen molar-refractivity contribution in [3.8, 4) is 5.69 Å². The molecule has 0 aliphatic carbocycles. The minimum atomic E-state index is -1.12. The molecule has 1 atom stereocenters. The van der Waals surface area contributed by atoms with Gasteiger partial charge in [0.15, 0.2) is 5.82 Å². The monoisotopic (exact) mass is 617 g/mol. The van der Waals surface area contributed by atoms with Crippen molar-refractivity contribution in [3.05, 3.63) is 106 Å². The average Bonchev–Trinajstić information content (AvgIpc) is 3.55. The molecule has 2 heterocycles. The van der Waals surface area contributed by atoms with Crippen LogP contribution in [0.4, 0.5) is 10.1 Å². The molecule has 5 rings (SSSR count). The van der Waals surface area contributed by atoms with Crippen LogP contribution in [0, 0.1) is 5.82 Å². The molecular formula is C30H25ClFN7O5. The number of hydrogen-bond donors (Lipinski definition) is 3. The lowest BCUT2D eigenvalue weighted by Gasteiger charge is -2.36. The van der Waals surface area contributed by atoms with Gasteiger partial charge in [-0.25, -0.2) is 9.18 Å². The first-order valence-electron chi connectivity index (χ1n) is 13.4. The van der Waals surface area contributed by atoms with Crippen molar-refractivity contribution in [1.29, 1.82) is 0 Å². The summed E-state index contributed by atoms with van der Waals surface area (Å²) < 4.78 is 16.3. The number of aromatic nitrogens is 4. The van der Waals surface area contributed by atoms with Crippen molar-refractivity contribution in [2.24, 2.45) is 5.73 Å². The van der Waals surface area contributed by atoms with Gasteiger partial charge in [-0.05, 0) is 82.4 Å². The third kappa shape index (κ3) is 6.32. The topological polar surface area (TPSA) is 173 Å². The molecule has 0 fully saturated rings. The van der Waals surface area contributed by atoms with Crippen LogP contribution in [-0.4, -0.2) is 60.4 Å². The molecule has 0 saturated heterocycles. The van der Waals surface area contributed by atoms with Gasteiger partial charge in [0.05, 0.1) is 16.3 Å². The van der Waals surface area contributed by atoms with E-state index in [1.165, 1.54) is 58.4 Å². The summed E-state index contributed by atoms with van der Waals surface area (Å²) in [7, 11) is 0. The zero-order valence-corrected chi connectivity index (χ0v) is 23.7. The first-order chi connectivity index (χ1) is 21.1. The number of aryl methyl sites for hydroxylation is 1. The summed E-state index contributed by atoms with van der Waals surface area (Å²) in [6, 6.07) is 12.6. The van der Waals surface area contributed by atoms with Crippen LogP contribution >= 0.6 is 11.6 Å². The van der Waals surface area contributed by atoms with Gasteiger partial charge in [0.1, 0.15) is 12.4 Å². The second-order valence-electron chi connectivity index (χ2n) is 9.89. The fraction of sp³-hybridized carbons (Fsp3) is 0.167. The Kier molecular flexibility index (Phi) is 8.76. The summed E-state index contributed by atoms with van der Waals surface area (Å²) in [6.45, 7) is 0.137. The van der Waals surface area contributed by atoms with Crippen LogP contribution in [0.15, 0.2) is 67.0 Å². The molecule has 1 unspecified atom stereocenters. The highest BCUT2D eigenvalue weighted by Crippen LogP contribution is 2.34. The van der Waals surface area contributed by atoms with Crippen LogP contribution in [0.5, 0.6) is 0 Å². The molecule has 44 heavy (non-hydrogen) atoms. The maximum Gasteiger partial charge on any atom is 0.335 e. The van der Waals surface area contributed by atoms with Crippen molar-refractivity contribution < 1.29 is 28.7 Å².